The fourth-order valence-corrected chi connectivity index (χ4v) is 2.13. The quantitative estimate of drug-likeness (QED) is 0.746. The molecule has 0 saturated carbocycles. The highest BCUT2D eigenvalue weighted by molar-refractivity contribution is 6.04. The van der Waals surface area contributed by atoms with E-state index in [1.54, 1.807) is 0 Å². The molecule has 0 atom stereocenters. The third-order valence-electron chi connectivity index (χ3n) is 3.29. The van der Waals surface area contributed by atoms with Crippen molar-refractivity contribution in [1.29, 1.82) is 0 Å². The number of carbonyl (C=O) groups is 2. The predicted octanol–water partition coefficient (Wildman–Crippen LogP) is 3.23. The van der Waals surface area contributed by atoms with Gasteiger partial charge < -0.3 is 9.73 Å². The Morgan fingerprint density at radius 1 is 1.00 bits per heavy atom. The number of hydrogen-bond donors (Lipinski definition) is 2. The molecular formula is C17H12F2N4O3. The normalized spacial score (nSPS) is 10.4. The Morgan fingerprint density at radius 3 is 2.50 bits per heavy atom. The zero-order valence-corrected chi connectivity index (χ0v) is 13.4. The van der Waals surface area contributed by atoms with E-state index < -0.39 is 23.4 Å². The van der Waals surface area contributed by atoms with Gasteiger partial charge in [0.25, 0.3) is 5.91 Å². The molecule has 0 fully saturated rings. The molecule has 1 heterocycles. The van der Waals surface area contributed by atoms with Crippen LogP contribution in [-0.2, 0) is 4.79 Å². The Kier molecular flexibility index (Phi) is 4.70. The van der Waals surface area contributed by atoms with Gasteiger partial charge in [0.2, 0.25) is 11.8 Å². The predicted molar refractivity (Wildman–Crippen MR) is 88.3 cm³/mol. The topological polar surface area (TPSA) is 97.1 Å². The molecule has 0 saturated heterocycles. The van der Waals surface area contributed by atoms with Crippen molar-refractivity contribution < 1.29 is 22.8 Å². The van der Waals surface area contributed by atoms with Crippen LogP contribution in [-0.4, -0.2) is 22.0 Å². The minimum Gasteiger partial charge on any atom is -0.403 e. The molecule has 2 amide bonds. The summed E-state index contributed by atoms with van der Waals surface area (Å²) in [5.41, 5.74) is -0.0996. The average molecular weight is 358 g/mol. The van der Waals surface area contributed by atoms with Crippen LogP contribution in [0.25, 0.3) is 11.5 Å². The van der Waals surface area contributed by atoms with Gasteiger partial charge in [-0.15, -0.1) is 5.10 Å². The van der Waals surface area contributed by atoms with Gasteiger partial charge in [0.1, 0.15) is 11.6 Å². The Morgan fingerprint density at radius 2 is 1.77 bits per heavy atom. The summed E-state index contributed by atoms with van der Waals surface area (Å²) in [5, 5.41) is 12.0. The van der Waals surface area contributed by atoms with Crippen molar-refractivity contribution in [3.8, 4) is 11.5 Å². The molecule has 3 aromatic rings. The number of rotatable bonds is 4. The Labute approximate surface area is 146 Å². The molecule has 0 unspecified atom stereocenters. The van der Waals surface area contributed by atoms with Crippen LogP contribution in [0.3, 0.4) is 0 Å². The summed E-state index contributed by atoms with van der Waals surface area (Å²) in [5.74, 6) is -2.63. The number of nitrogens with one attached hydrogen (secondary N) is 2. The first kappa shape index (κ1) is 17.2. The van der Waals surface area contributed by atoms with Gasteiger partial charge in [0, 0.05) is 12.5 Å². The van der Waals surface area contributed by atoms with Gasteiger partial charge in [-0.2, -0.15) is 0 Å². The summed E-state index contributed by atoms with van der Waals surface area (Å²) in [4.78, 5) is 23.1. The molecule has 0 bridgehead atoms. The summed E-state index contributed by atoms with van der Waals surface area (Å²) in [6.45, 7) is 1.28. The van der Waals surface area contributed by atoms with Crippen molar-refractivity contribution in [2.45, 2.75) is 6.92 Å². The standard InChI is InChI=1S/C17H12F2N4O3/c1-9(24)20-17-23-22-16(26-17)10-6-7-13(19)14(8-10)21-15(25)11-4-2-3-5-12(11)18/h2-8H,1H3,(H,21,25)(H,20,23,24). The van der Waals surface area contributed by atoms with Gasteiger partial charge in [0.05, 0.1) is 11.3 Å². The summed E-state index contributed by atoms with van der Waals surface area (Å²) in [7, 11) is 0. The fraction of sp³-hybridized carbons (Fsp3) is 0.0588. The van der Waals surface area contributed by atoms with Crippen LogP contribution in [0.1, 0.15) is 17.3 Å². The number of nitrogens with zero attached hydrogens (tertiary/aromatic N) is 2. The first-order valence-corrected chi connectivity index (χ1v) is 7.41. The van der Waals surface area contributed by atoms with Crippen molar-refractivity contribution in [2.24, 2.45) is 0 Å². The summed E-state index contributed by atoms with van der Waals surface area (Å²) in [6, 6.07) is 8.94. The minimum atomic E-state index is -0.802. The second-order valence-electron chi connectivity index (χ2n) is 5.22. The first-order valence-electron chi connectivity index (χ1n) is 7.41. The molecular weight excluding hydrogens is 346 g/mol. The lowest BCUT2D eigenvalue weighted by Crippen LogP contribution is -2.14. The van der Waals surface area contributed by atoms with Gasteiger partial charge in [-0.05, 0) is 30.3 Å². The van der Waals surface area contributed by atoms with Crippen LogP contribution >= 0.6 is 0 Å². The molecule has 0 aliphatic carbocycles. The smallest absolute Gasteiger partial charge is 0.322 e. The van der Waals surface area contributed by atoms with Gasteiger partial charge in [0.15, 0.2) is 0 Å². The van der Waals surface area contributed by atoms with Crippen LogP contribution in [0.2, 0.25) is 0 Å². The molecule has 3 rings (SSSR count). The maximum absolute atomic E-state index is 14.0. The number of aromatic nitrogens is 2. The third-order valence-corrected chi connectivity index (χ3v) is 3.29. The minimum absolute atomic E-state index is 0.00939. The SMILES string of the molecule is CC(=O)Nc1nnc(-c2ccc(F)c(NC(=O)c3ccccc3F)c2)o1. The lowest BCUT2D eigenvalue weighted by Gasteiger charge is -2.08. The van der Waals surface area contributed by atoms with Gasteiger partial charge in [-0.3, -0.25) is 14.9 Å². The Balaban J connectivity index is 1.86. The summed E-state index contributed by atoms with van der Waals surface area (Å²) in [6.07, 6.45) is 0. The van der Waals surface area contributed by atoms with Crippen LogP contribution < -0.4 is 10.6 Å². The van der Waals surface area contributed by atoms with E-state index in [0.717, 1.165) is 12.1 Å². The number of amides is 2. The molecule has 132 valence electrons. The fourth-order valence-electron chi connectivity index (χ4n) is 2.13. The number of carbonyl (C=O) groups excluding carboxylic acids is 2. The summed E-state index contributed by atoms with van der Waals surface area (Å²) < 4.78 is 32.9. The monoisotopic (exact) mass is 358 g/mol. The van der Waals surface area contributed by atoms with Crippen molar-refractivity contribution >= 4 is 23.5 Å². The largest absolute Gasteiger partial charge is 0.403 e. The van der Waals surface area contributed by atoms with Crippen LogP contribution in [0, 0.1) is 11.6 Å². The van der Waals surface area contributed by atoms with Crippen LogP contribution in [0.15, 0.2) is 46.9 Å². The average Bonchev–Trinajstić information content (AvgIpc) is 3.05. The molecule has 1 aromatic heterocycles. The van der Waals surface area contributed by atoms with E-state index in [4.69, 9.17) is 4.42 Å². The number of halogens is 2. The highest BCUT2D eigenvalue weighted by atomic mass is 19.1. The Hall–Kier alpha value is -3.62. The van der Waals surface area contributed by atoms with Crippen molar-refractivity contribution in [3.05, 3.63) is 59.7 Å². The summed E-state index contributed by atoms with van der Waals surface area (Å²) >= 11 is 0. The van der Waals surface area contributed by atoms with Crippen LogP contribution in [0.5, 0.6) is 0 Å². The number of benzene rings is 2. The highest BCUT2D eigenvalue weighted by Gasteiger charge is 2.16. The van der Waals surface area contributed by atoms with E-state index in [0.29, 0.717) is 5.56 Å². The van der Waals surface area contributed by atoms with Crippen molar-refractivity contribution in [2.75, 3.05) is 10.6 Å². The second-order valence-corrected chi connectivity index (χ2v) is 5.22. The van der Waals surface area contributed by atoms with Gasteiger partial charge >= 0.3 is 6.01 Å². The van der Waals surface area contributed by atoms with E-state index in [1.807, 2.05) is 0 Å². The maximum atomic E-state index is 14.0. The maximum Gasteiger partial charge on any atom is 0.322 e. The molecule has 0 aliphatic heterocycles. The van der Waals surface area contributed by atoms with E-state index in [2.05, 4.69) is 20.8 Å². The molecule has 0 spiro atoms. The van der Waals surface area contributed by atoms with Gasteiger partial charge in [-0.1, -0.05) is 17.2 Å². The number of hydrogen-bond acceptors (Lipinski definition) is 5. The lowest BCUT2D eigenvalue weighted by molar-refractivity contribution is -0.114. The van der Waals surface area contributed by atoms with Crippen molar-refractivity contribution in [3.63, 3.8) is 0 Å². The van der Waals surface area contributed by atoms with E-state index in [-0.39, 0.29) is 23.2 Å². The zero-order chi connectivity index (χ0) is 18.7. The molecule has 2 N–H and O–H groups in total. The molecule has 2 aromatic carbocycles. The molecule has 0 aliphatic rings. The number of anilines is 2. The first-order chi connectivity index (χ1) is 12.4. The van der Waals surface area contributed by atoms with Gasteiger partial charge in [-0.25, -0.2) is 8.78 Å². The van der Waals surface area contributed by atoms with E-state index in [1.165, 1.54) is 37.3 Å². The molecule has 7 nitrogen and oxygen atoms in total. The molecule has 26 heavy (non-hydrogen) atoms. The van der Waals surface area contributed by atoms with Crippen molar-refractivity contribution in [1.82, 2.24) is 10.2 Å². The van der Waals surface area contributed by atoms with E-state index in [9.17, 15) is 18.4 Å². The second kappa shape index (κ2) is 7.09. The lowest BCUT2D eigenvalue weighted by atomic mass is 10.1. The molecule has 9 heteroatoms. The van der Waals surface area contributed by atoms with E-state index >= 15 is 0 Å². The zero-order valence-electron chi connectivity index (χ0n) is 13.4. The third kappa shape index (κ3) is 3.72. The highest BCUT2D eigenvalue weighted by Crippen LogP contribution is 2.25. The van der Waals surface area contributed by atoms with Crippen LogP contribution in [0.4, 0.5) is 20.5 Å². The Bertz CT molecular complexity index is 988. The molecule has 0 radical (unpaired) electrons.